The number of aromatic nitrogens is 3. The maximum absolute atomic E-state index is 13.0. The van der Waals surface area contributed by atoms with Gasteiger partial charge in [0.25, 0.3) is 0 Å². The summed E-state index contributed by atoms with van der Waals surface area (Å²) in [6.45, 7) is 1.75. The predicted octanol–water partition coefficient (Wildman–Crippen LogP) is 3.11. The summed E-state index contributed by atoms with van der Waals surface area (Å²) in [6.07, 6.45) is 14.6. The van der Waals surface area contributed by atoms with Crippen molar-refractivity contribution in [3.63, 3.8) is 0 Å². The van der Waals surface area contributed by atoms with Crippen LogP contribution < -0.4 is 0 Å². The van der Waals surface area contributed by atoms with Crippen LogP contribution in [0.4, 0.5) is 0 Å². The Bertz CT molecular complexity index is 641. The van der Waals surface area contributed by atoms with Crippen LogP contribution >= 0.6 is 0 Å². The summed E-state index contributed by atoms with van der Waals surface area (Å²) >= 11 is 0. The molecule has 0 N–H and O–H groups in total. The van der Waals surface area contributed by atoms with Crippen LogP contribution in [0, 0.1) is 5.92 Å². The minimum absolute atomic E-state index is 0.218. The zero-order valence-electron chi connectivity index (χ0n) is 14.1. The lowest BCUT2D eigenvalue weighted by atomic mass is 9.85. The van der Waals surface area contributed by atoms with Crippen LogP contribution in [-0.4, -0.2) is 37.7 Å². The Labute approximate surface area is 143 Å². The van der Waals surface area contributed by atoms with E-state index in [0.717, 1.165) is 51.6 Å². The summed E-state index contributed by atoms with van der Waals surface area (Å²) in [5.41, 5.74) is 0. The van der Waals surface area contributed by atoms with Gasteiger partial charge in [-0.15, -0.1) is 0 Å². The molecule has 1 aliphatic heterocycles. The first-order valence-corrected chi connectivity index (χ1v) is 9.21. The lowest BCUT2D eigenvalue weighted by Crippen LogP contribution is -2.42. The van der Waals surface area contributed by atoms with Crippen LogP contribution in [0.3, 0.4) is 0 Å². The fraction of sp³-hybridized carbons (Fsp3) is 0.579. The smallest absolute Gasteiger partial charge is 0.225 e. The molecular weight excluding hydrogens is 300 g/mol. The highest BCUT2D eigenvalue weighted by molar-refractivity contribution is 5.79. The van der Waals surface area contributed by atoms with Gasteiger partial charge in [-0.25, -0.2) is 0 Å². The topological polar surface area (TPSA) is 43.1 Å². The highest BCUT2D eigenvalue weighted by atomic mass is 16.2. The second kappa shape index (κ2) is 6.83. The maximum atomic E-state index is 13.0. The molecule has 2 aromatic rings. The van der Waals surface area contributed by atoms with Crippen molar-refractivity contribution in [2.45, 2.75) is 57.2 Å². The first kappa shape index (κ1) is 15.5. The molecule has 5 nitrogen and oxygen atoms in total. The molecular formula is C19H26N4O. The molecule has 2 aromatic heterocycles. The van der Waals surface area contributed by atoms with Crippen molar-refractivity contribution in [2.24, 2.45) is 5.92 Å². The minimum atomic E-state index is 0.218. The zero-order chi connectivity index (χ0) is 16.4. The molecule has 2 aliphatic rings. The van der Waals surface area contributed by atoms with E-state index in [4.69, 9.17) is 0 Å². The molecule has 1 aliphatic carbocycles. The normalized spacial score (nSPS) is 27.5. The van der Waals surface area contributed by atoms with Gasteiger partial charge in [-0.2, -0.15) is 5.10 Å². The third kappa shape index (κ3) is 3.12. The molecule has 5 heteroatoms. The molecule has 0 bridgehead atoms. The number of nitrogens with zero attached hydrogens (tertiary/aromatic N) is 4. The van der Waals surface area contributed by atoms with Gasteiger partial charge in [-0.1, -0.05) is 0 Å². The molecule has 1 saturated carbocycles. The number of hydrogen-bond donors (Lipinski definition) is 0. The molecule has 1 saturated heterocycles. The van der Waals surface area contributed by atoms with Crippen molar-refractivity contribution < 1.29 is 4.79 Å². The largest absolute Gasteiger partial charge is 0.351 e. The maximum Gasteiger partial charge on any atom is 0.225 e. The highest BCUT2D eigenvalue weighted by Gasteiger charge is 2.35. The number of hydrogen-bond acceptors (Lipinski definition) is 2. The summed E-state index contributed by atoms with van der Waals surface area (Å²) in [5.74, 6) is 0.602. The standard InChI is InChI=1S/C19H26N4O/c24-19(16-6-8-17(9-7-16)21-11-1-2-12-21)23-14-3-5-18(23)15-22-13-4-10-20-22/h1-2,4,10-13,16-18H,3,5-9,14-15H2/t16?,17?,18-/m0/s1. The van der Waals surface area contributed by atoms with Crippen molar-refractivity contribution in [2.75, 3.05) is 6.54 Å². The average Bonchev–Trinajstić information content (AvgIpc) is 3.37. The first-order valence-electron chi connectivity index (χ1n) is 9.21. The monoisotopic (exact) mass is 326 g/mol. The van der Waals surface area contributed by atoms with Crippen molar-refractivity contribution in [1.29, 1.82) is 0 Å². The summed E-state index contributed by atoms with van der Waals surface area (Å²) in [5, 5.41) is 4.30. The Balaban J connectivity index is 1.35. The quantitative estimate of drug-likeness (QED) is 0.866. The van der Waals surface area contributed by atoms with E-state index < -0.39 is 0 Å². The van der Waals surface area contributed by atoms with Crippen molar-refractivity contribution in [3.05, 3.63) is 43.0 Å². The Kier molecular flexibility index (Phi) is 4.41. The Morgan fingerprint density at radius 3 is 2.50 bits per heavy atom. The van der Waals surface area contributed by atoms with Crippen LogP contribution in [0.2, 0.25) is 0 Å². The van der Waals surface area contributed by atoms with Gasteiger partial charge < -0.3 is 9.47 Å². The second-order valence-electron chi connectivity index (χ2n) is 7.19. The van der Waals surface area contributed by atoms with Crippen LogP contribution in [0.25, 0.3) is 0 Å². The highest BCUT2D eigenvalue weighted by Crippen LogP contribution is 2.34. The van der Waals surface area contributed by atoms with Gasteiger partial charge >= 0.3 is 0 Å². The van der Waals surface area contributed by atoms with E-state index in [1.54, 1.807) is 0 Å². The van der Waals surface area contributed by atoms with Crippen LogP contribution in [0.1, 0.15) is 44.6 Å². The molecule has 0 spiro atoms. The SMILES string of the molecule is O=C(C1CCC(n2cccc2)CC1)N1CCC[C@H]1Cn1cccn1. The minimum Gasteiger partial charge on any atom is -0.351 e. The van der Waals surface area contributed by atoms with Crippen LogP contribution in [0.15, 0.2) is 43.0 Å². The molecule has 0 radical (unpaired) electrons. The molecule has 128 valence electrons. The average molecular weight is 326 g/mol. The number of carbonyl (C=O) groups excluding carboxylic acids is 1. The molecule has 2 fully saturated rings. The summed E-state index contributed by atoms with van der Waals surface area (Å²) in [6, 6.07) is 7.01. The van der Waals surface area contributed by atoms with Crippen molar-refractivity contribution in [1.82, 2.24) is 19.2 Å². The fourth-order valence-corrected chi connectivity index (χ4v) is 4.39. The summed E-state index contributed by atoms with van der Waals surface area (Å²) in [4.78, 5) is 15.2. The van der Waals surface area contributed by atoms with E-state index in [2.05, 4.69) is 39.1 Å². The third-order valence-corrected chi connectivity index (χ3v) is 5.71. The number of carbonyl (C=O) groups is 1. The molecule has 4 rings (SSSR count). The van der Waals surface area contributed by atoms with Crippen LogP contribution in [0.5, 0.6) is 0 Å². The fourth-order valence-electron chi connectivity index (χ4n) is 4.39. The molecule has 0 unspecified atom stereocenters. The third-order valence-electron chi connectivity index (χ3n) is 5.71. The van der Waals surface area contributed by atoms with E-state index in [9.17, 15) is 4.79 Å². The second-order valence-corrected chi connectivity index (χ2v) is 7.19. The zero-order valence-corrected chi connectivity index (χ0v) is 14.1. The van der Waals surface area contributed by atoms with Gasteiger partial charge in [-0.05, 0) is 56.7 Å². The molecule has 24 heavy (non-hydrogen) atoms. The van der Waals surface area contributed by atoms with Gasteiger partial charge in [0.2, 0.25) is 5.91 Å². The molecule has 1 atom stereocenters. The van der Waals surface area contributed by atoms with Gasteiger partial charge in [0.05, 0.1) is 12.6 Å². The predicted molar refractivity (Wildman–Crippen MR) is 92.4 cm³/mol. The molecule has 3 heterocycles. The lowest BCUT2D eigenvalue weighted by Gasteiger charge is -2.33. The number of amides is 1. The van der Waals surface area contributed by atoms with Crippen molar-refractivity contribution >= 4 is 5.91 Å². The van der Waals surface area contributed by atoms with Crippen LogP contribution in [-0.2, 0) is 11.3 Å². The Morgan fingerprint density at radius 1 is 1.00 bits per heavy atom. The Hall–Kier alpha value is -2.04. The molecule has 0 aromatic carbocycles. The van der Waals surface area contributed by atoms with E-state index >= 15 is 0 Å². The van der Waals surface area contributed by atoms with E-state index in [-0.39, 0.29) is 5.92 Å². The van der Waals surface area contributed by atoms with E-state index in [1.165, 1.54) is 0 Å². The summed E-state index contributed by atoms with van der Waals surface area (Å²) in [7, 11) is 0. The van der Waals surface area contributed by atoms with E-state index in [1.807, 2.05) is 23.1 Å². The van der Waals surface area contributed by atoms with Crippen molar-refractivity contribution in [3.8, 4) is 0 Å². The van der Waals surface area contributed by atoms with Gasteiger partial charge in [0.15, 0.2) is 0 Å². The van der Waals surface area contributed by atoms with Gasteiger partial charge in [-0.3, -0.25) is 9.48 Å². The Morgan fingerprint density at radius 2 is 1.79 bits per heavy atom. The van der Waals surface area contributed by atoms with Gasteiger partial charge in [0, 0.05) is 43.3 Å². The lowest BCUT2D eigenvalue weighted by molar-refractivity contribution is -0.137. The molecule has 1 amide bonds. The van der Waals surface area contributed by atoms with E-state index in [0.29, 0.717) is 18.0 Å². The van der Waals surface area contributed by atoms with Gasteiger partial charge in [0.1, 0.15) is 0 Å². The number of likely N-dealkylation sites (tertiary alicyclic amines) is 1. The number of rotatable bonds is 4. The first-order chi connectivity index (χ1) is 11.8. The summed E-state index contributed by atoms with van der Waals surface area (Å²) < 4.78 is 4.26.